The predicted octanol–water partition coefficient (Wildman–Crippen LogP) is 2.15. The molecule has 0 aliphatic heterocycles. The molecule has 0 aliphatic rings. The molecule has 0 bridgehead atoms. The van der Waals surface area contributed by atoms with Crippen LogP contribution in [0.3, 0.4) is 0 Å². The van der Waals surface area contributed by atoms with Crippen LogP contribution in [0.1, 0.15) is 37.2 Å². The summed E-state index contributed by atoms with van der Waals surface area (Å²) in [7, 11) is 0. The topological polar surface area (TPSA) is 79.3 Å². The Morgan fingerprint density at radius 2 is 2.18 bits per heavy atom. The van der Waals surface area contributed by atoms with Crippen LogP contribution >= 0.6 is 0 Å². The van der Waals surface area contributed by atoms with E-state index in [4.69, 9.17) is 5.11 Å². The van der Waals surface area contributed by atoms with Crippen LogP contribution < -0.4 is 5.32 Å². The van der Waals surface area contributed by atoms with Crippen molar-refractivity contribution in [2.75, 3.05) is 5.32 Å². The van der Waals surface area contributed by atoms with Gasteiger partial charge in [-0.05, 0) is 18.1 Å². The first-order valence-electron chi connectivity index (χ1n) is 5.52. The van der Waals surface area contributed by atoms with Gasteiger partial charge in [-0.15, -0.1) is 0 Å². The Bertz CT molecular complexity index is 401. The Balaban J connectivity index is 2.57. The third kappa shape index (κ3) is 4.22. The second-order valence-corrected chi connectivity index (χ2v) is 4.00. The third-order valence-corrected chi connectivity index (χ3v) is 2.50. The molecule has 1 unspecified atom stereocenters. The van der Waals surface area contributed by atoms with E-state index in [9.17, 15) is 9.59 Å². The number of aromatic nitrogens is 1. The van der Waals surface area contributed by atoms with Crippen LogP contribution in [0.2, 0.25) is 0 Å². The normalized spacial score (nSPS) is 11.9. The fraction of sp³-hybridized carbons (Fsp3) is 0.417. The first-order chi connectivity index (χ1) is 8.02. The number of hydrogen-bond acceptors (Lipinski definition) is 3. The number of carboxylic acids is 1. The highest BCUT2D eigenvalue weighted by Gasteiger charge is 2.08. The maximum Gasteiger partial charge on any atom is 0.354 e. The highest BCUT2D eigenvalue weighted by atomic mass is 16.4. The molecule has 1 aromatic heterocycles. The molecule has 2 N–H and O–H groups in total. The van der Waals surface area contributed by atoms with Crippen molar-refractivity contribution in [1.82, 2.24) is 4.98 Å². The number of nitrogens with zero attached hydrogens (tertiary/aromatic N) is 1. The second kappa shape index (κ2) is 5.98. The first kappa shape index (κ1) is 13.2. The molecule has 0 aliphatic carbocycles. The third-order valence-electron chi connectivity index (χ3n) is 2.50. The molecule has 1 aromatic rings. The molecule has 1 amide bonds. The van der Waals surface area contributed by atoms with Gasteiger partial charge in [-0.2, -0.15) is 0 Å². The van der Waals surface area contributed by atoms with Gasteiger partial charge in [0.15, 0.2) is 0 Å². The monoisotopic (exact) mass is 236 g/mol. The Hall–Kier alpha value is -1.91. The van der Waals surface area contributed by atoms with Crippen molar-refractivity contribution in [2.45, 2.75) is 26.7 Å². The number of anilines is 1. The van der Waals surface area contributed by atoms with Crippen molar-refractivity contribution < 1.29 is 14.7 Å². The first-order valence-corrected chi connectivity index (χ1v) is 5.52. The van der Waals surface area contributed by atoms with Gasteiger partial charge in [0.2, 0.25) is 5.91 Å². The smallest absolute Gasteiger partial charge is 0.354 e. The van der Waals surface area contributed by atoms with Crippen molar-refractivity contribution in [3.63, 3.8) is 0 Å². The lowest BCUT2D eigenvalue weighted by Crippen LogP contribution is -2.15. The van der Waals surface area contributed by atoms with Crippen LogP contribution in [0.4, 0.5) is 5.69 Å². The van der Waals surface area contributed by atoms with E-state index in [2.05, 4.69) is 10.3 Å². The minimum absolute atomic E-state index is 0.0371. The quantitative estimate of drug-likeness (QED) is 0.821. The highest BCUT2D eigenvalue weighted by Crippen LogP contribution is 2.10. The molecule has 0 saturated heterocycles. The average Bonchev–Trinajstić information content (AvgIpc) is 2.29. The molecule has 0 radical (unpaired) electrons. The number of carboxylic acid groups (broad SMARTS) is 1. The summed E-state index contributed by atoms with van der Waals surface area (Å²) in [6, 6.07) is 2.90. The molecule has 5 nitrogen and oxygen atoms in total. The summed E-state index contributed by atoms with van der Waals surface area (Å²) in [5, 5.41) is 11.3. The molecule has 1 rings (SSSR count). The minimum Gasteiger partial charge on any atom is -0.477 e. The van der Waals surface area contributed by atoms with E-state index in [-0.39, 0.29) is 11.6 Å². The van der Waals surface area contributed by atoms with E-state index in [0.717, 1.165) is 6.42 Å². The van der Waals surface area contributed by atoms with Crippen molar-refractivity contribution in [2.24, 2.45) is 5.92 Å². The zero-order valence-electron chi connectivity index (χ0n) is 9.93. The maximum atomic E-state index is 11.5. The Morgan fingerprint density at radius 1 is 1.47 bits per heavy atom. The van der Waals surface area contributed by atoms with E-state index in [1.807, 2.05) is 13.8 Å². The van der Waals surface area contributed by atoms with Gasteiger partial charge in [-0.25, -0.2) is 9.78 Å². The Kier molecular flexibility index (Phi) is 4.63. The van der Waals surface area contributed by atoms with Gasteiger partial charge in [0.1, 0.15) is 5.69 Å². The number of nitrogens with one attached hydrogen (secondary N) is 1. The summed E-state index contributed by atoms with van der Waals surface area (Å²) in [6.07, 6.45) is 2.75. The van der Waals surface area contributed by atoms with Gasteiger partial charge in [0.05, 0.1) is 11.9 Å². The van der Waals surface area contributed by atoms with Crippen LogP contribution in [0.15, 0.2) is 18.3 Å². The molecule has 92 valence electrons. The zero-order valence-corrected chi connectivity index (χ0v) is 9.93. The Labute approximate surface area is 99.9 Å². The molecular formula is C12H16N2O3. The van der Waals surface area contributed by atoms with E-state index >= 15 is 0 Å². The van der Waals surface area contributed by atoms with Gasteiger partial charge >= 0.3 is 5.97 Å². The maximum absolute atomic E-state index is 11.5. The summed E-state index contributed by atoms with van der Waals surface area (Å²) in [6.45, 7) is 4.03. The largest absolute Gasteiger partial charge is 0.477 e. The van der Waals surface area contributed by atoms with E-state index in [1.165, 1.54) is 18.3 Å². The molecule has 0 fully saturated rings. The van der Waals surface area contributed by atoms with Crippen molar-refractivity contribution in [1.29, 1.82) is 0 Å². The molecule has 0 aromatic carbocycles. The molecular weight excluding hydrogens is 220 g/mol. The lowest BCUT2D eigenvalue weighted by Gasteiger charge is -2.08. The van der Waals surface area contributed by atoms with Gasteiger partial charge in [-0.1, -0.05) is 20.3 Å². The number of rotatable bonds is 5. The van der Waals surface area contributed by atoms with Crippen molar-refractivity contribution in [3.05, 3.63) is 24.0 Å². The number of hydrogen-bond donors (Lipinski definition) is 2. The fourth-order valence-electron chi connectivity index (χ4n) is 1.27. The summed E-state index contributed by atoms with van der Waals surface area (Å²) in [5.74, 6) is -0.826. The van der Waals surface area contributed by atoms with Crippen LogP contribution in [0, 0.1) is 5.92 Å². The summed E-state index contributed by atoms with van der Waals surface area (Å²) in [5.41, 5.74) is 0.480. The standard InChI is InChI=1S/C12H16N2O3/c1-3-8(2)6-11(15)14-9-4-5-10(12(16)17)13-7-9/h4-5,7-8H,3,6H2,1-2H3,(H,14,15)(H,16,17). The lowest BCUT2D eigenvalue weighted by atomic mass is 10.1. The van der Waals surface area contributed by atoms with Gasteiger partial charge in [0.25, 0.3) is 0 Å². The Morgan fingerprint density at radius 3 is 2.65 bits per heavy atom. The molecule has 1 atom stereocenters. The average molecular weight is 236 g/mol. The summed E-state index contributed by atoms with van der Waals surface area (Å²) < 4.78 is 0. The number of pyridine rings is 1. The SMILES string of the molecule is CCC(C)CC(=O)Nc1ccc(C(=O)O)nc1. The predicted molar refractivity (Wildman–Crippen MR) is 63.9 cm³/mol. The second-order valence-electron chi connectivity index (χ2n) is 4.00. The number of amides is 1. The van der Waals surface area contributed by atoms with Gasteiger partial charge < -0.3 is 10.4 Å². The van der Waals surface area contributed by atoms with E-state index in [0.29, 0.717) is 18.0 Å². The number of carbonyl (C=O) groups excluding carboxylic acids is 1. The molecule has 5 heteroatoms. The van der Waals surface area contributed by atoms with E-state index in [1.54, 1.807) is 0 Å². The lowest BCUT2D eigenvalue weighted by molar-refractivity contribution is -0.117. The molecule has 1 heterocycles. The molecule has 0 saturated carbocycles. The number of carbonyl (C=O) groups is 2. The van der Waals surface area contributed by atoms with Gasteiger partial charge in [0, 0.05) is 6.42 Å². The fourth-order valence-corrected chi connectivity index (χ4v) is 1.27. The summed E-state index contributed by atoms with van der Waals surface area (Å²) in [4.78, 5) is 25.8. The van der Waals surface area contributed by atoms with E-state index < -0.39 is 5.97 Å². The molecule has 17 heavy (non-hydrogen) atoms. The molecule has 0 spiro atoms. The van der Waals surface area contributed by atoms with Crippen LogP contribution in [-0.2, 0) is 4.79 Å². The van der Waals surface area contributed by atoms with Crippen molar-refractivity contribution in [3.8, 4) is 0 Å². The van der Waals surface area contributed by atoms with Crippen LogP contribution in [0.25, 0.3) is 0 Å². The van der Waals surface area contributed by atoms with Gasteiger partial charge in [-0.3, -0.25) is 4.79 Å². The summed E-state index contributed by atoms with van der Waals surface area (Å²) >= 11 is 0. The zero-order chi connectivity index (χ0) is 12.8. The highest BCUT2D eigenvalue weighted by molar-refractivity contribution is 5.91. The van der Waals surface area contributed by atoms with Crippen molar-refractivity contribution >= 4 is 17.6 Å². The van der Waals surface area contributed by atoms with Crippen LogP contribution in [-0.4, -0.2) is 22.0 Å². The van der Waals surface area contributed by atoms with Crippen LogP contribution in [0.5, 0.6) is 0 Å². The minimum atomic E-state index is -1.08. The number of aromatic carboxylic acids is 1.